The van der Waals surface area contributed by atoms with E-state index in [-0.39, 0.29) is 17.1 Å². The Morgan fingerprint density at radius 1 is 0.943 bits per heavy atom. The van der Waals surface area contributed by atoms with Gasteiger partial charge in [-0.2, -0.15) is 0 Å². The lowest BCUT2D eigenvalue weighted by molar-refractivity contribution is 0.0971. The van der Waals surface area contributed by atoms with Crippen LogP contribution in [-0.2, 0) is 0 Å². The van der Waals surface area contributed by atoms with Gasteiger partial charge in [0.2, 0.25) is 5.76 Å². The molecule has 0 N–H and O–H groups in total. The summed E-state index contributed by atoms with van der Waals surface area (Å²) in [6.45, 7) is 2.84. The summed E-state index contributed by atoms with van der Waals surface area (Å²) in [6, 6.07) is 21.0. The van der Waals surface area contributed by atoms with E-state index < -0.39 is 6.04 Å². The first-order valence-electron chi connectivity index (χ1n) is 12.0. The number of carbonyl (C=O) groups excluding carboxylic acids is 1. The fraction of sp³-hybridized carbons (Fsp3) is 0.241. The number of carbonyl (C=O) groups is 1. The van der Waals surface area contributed by atoms with Crippen molar-refractivity contribution in [1.82, 2.24) is 0 Å². The summed E-state index contributed by atoms with van der Waals surface area (Å²) in [5.41, 5.74) is 1.91. The Hall–Kier alpha value is -3.57. The number of para-hydroxylation sites is 1. The number of amides is 1. The van der Waals surface area contributed by atoms with Crippen LogP contribution >= 0.6 is 11.6 Å². The second-order valence-electron chi connectivity index (χ2n) is 8.71. The van der Waals surface area contributed by atoms with Gasteiger partial charge in [0.15, 0.2) is 5.43 Å². The van der Waals surface area contributed by atoms with Gasteiger partial charge in [0.05, 0.1) is 23.6 Å². The van der Waals surface area contributed by atoms with Crippen LogP contribution in [0.2, 0.25) is 5.02 Å². The molecule has 178 valence electrons. The van der Waals surface area contributed by atoms with Gasteiger partial charge >= 0.3 is 0 Å². The van der Waals surface area contributed by atoms with Crippen LogP contribution in [0.3, 0.4) is 0 Å². The fourth-order valence-corrected chi connectivity index (χ4v) is 4.78. The Kier molecular flexibility index (Phi) is 6.60. The van der Waals surface area contributed by atoms with E-state index in [1.807, 2.05) is 24.3 Å². The Morgan fingerprint density at radius 3 is 2.51 bits per heavy atom. The minimum absolute atomic E-state index is 0.0647. The van der Waals surface area contributed by atoms with Crippen LogP contribution in [0.4, 0.5) is 5.69 Å². The van der Waals surface area contributed by atoms with Gasteiger partial charge in [-0.05, 0) is 54.4 Å². The van der Waals surface area contributed by atoms with Crippen molar-refractivity contribution in [3.05, 3.63) is 105 Å². The second-order valence-corrected chi connectivity index (χ2v) is 9.14. The molecule has 0 aliphatic carbocycles. The number of unbranched alkanes of at least 4 members (excludes halogenated alkanes) is 3. The number of anilines is 1. The highest BCUT2D eigenvalue weighted by atomic mass is 35.5. The average Bonchev–Trinajstić information content (AvgIpc) is 3.17. The fourth-order valence-electron chi connectivity index (χ4n) is 4.59. The number of hydrogen-bond donors (Lipinski definition) is 0. The predicted octanol–water partition coefficient (Wildman–Crippen LogP) is 7.16. The molecule has 1 aliphatic heterocycles. The summed E-state index contributed by atoms with van der Waals surface area (Å²) in [5, 5.41) is 0.949. The molecule has 6 heteroatoms. The first-order chi connectivity index (χ1) is 17.1. The molecule has 5 nitrogen and oxygen atoms in total. The van der Waals surface area contributed by atoms with Crippen LogP contribution in [0.1, 0.15) is 60.3 Å². The summed E-state index contributed by atoms with van der Waals surface area (Å²) in [5.74, 6) is 0.455. The van der Waals surface area contributed by atoms with Gasteiger partial charge in [-0.1, -0.05) is 68.1 Å². The van der Waals surface area contributed by atoms with Crippen molar-refractivity contribution in [2.75, 3.05) is 11.5 Å². The van der Waals surface area contributed by atoms with Crippen LogP contribution in [0.25, 0.3) is 11.0 Å². The van der Waals surface area contributed by atoms with Crippen molar-refractivity contribution >= 4 is 34.2 Å². The van der Waals surface area contributed by atoms with Gasteiger partial charge in [-0.15, -0.1) is 0 Å². The Balaban J connectivity index is 1.56. The number of nitrogens with zero attached hydrogens (tertiary/aromatic N) is 1. The Morgan fingerprint density at radius 2 is 1.74 bits per heavy atom. The zero-order valence-electron chi connectivity index (χ0n) is 19.5. The minimum atomic E-state index is -0.643. The molecule has 0 radical (unpaired) electrons. The molecule has 0 fully saturated rings. The molecule has 2 heterocycles. The van der Waals surface area contributed by atoms with Crippen molar-refractivity contribution in [3.63, 3.8) is 0 Å². The maximum absolute atomic E-state index is 13.6. The predicted molar refractivity (Wildman–Crippen MR) is 139 cm³/mol. The highest BCUT2D eigenvalue weighted by molar-refractivity contribution is 6.31. The third-order valence-electron chi connectivity index (χ3n) is 6.33. The lowest BCUT2D eigenvalue weighted by atomic mass is 9.98. The van der Waals surface area contributed by atoms with Crippen LogP contribution in [-0.4, -0.2) is 12.5 Å². The quantitative estimate of drug-likeness (QED) is 0.247. The smallest absolute Gasteiger partial charge is 0.295 e. The third kappa shape index (κ3) is 4.44. The number of fused-ring (bicyclic) bond motifs is 2. The molecule has 3 aromatic carbocycles. The standard InChI is InChI=1S/C29H26ClNO4/c1-2-3-4-7-17-34-22-15-13-19(14-16-22)26-25-27(32)23-11-5-6-12-24(23)35-28(25)29(33)31(26)21-10-8-9-20(30)18-21/h5-6,8-16,18,26H,2-4,7,17H2,1H3. The first kappa shape index (κ1) is 23.2. The normalized spacial score (nSPS) is 15.0. The van der Waals surface area contributed by atoms with Crippen molar-refractivity contribution in [2.24, 2.45) is 0 Å². The number of benzene rings is 3. The summed E-state index contributed by atoms with van der Waals surface area (Å²) < 4.78 is 11.9. The van der Waals surface area contributed by atoms with E-state index >= 15 is 0 Å². The number of ether oxygens (including phenoxy) is 1. The molecule has 0 spiro atoms. The molecule has 0 saturated carbocycles. The zero-order valence-corrected chi connectivity index (χ0v) is 20.3. The maximum Gasteiger partial charge on any atom is 0.295 e. The average molecular weight is 488 g/mol. The van der Waals surface area contributed by atoms with Gasteiger partial charge < -0.3 is 9.15 Å². The molecule has 4 aromatic rings. The zero-order chi connectivity index (χ0) is 24.4. The highest BCUT2D eigenvalue weighted by Gasteiger charge is 2.43. The van der Waals surface area contributed by atoms with E-state index in [1.54, 1.807) is 53.4 Å². The van der Waals surface area contributed by atoms with E-state index in [9.17, 15) is 9.59 Å². The second kappa shape index (κ2) is 9.96. The maximum atomic E-state index is 13.6. The Labute approximate surface area is 208 Å². The van der Waals surface area contributed by atoms with E-state index in [4.69, 9.17) is 20.8 Å². The van der Waals surface area contributed by atoms with E-state index in [2.05, 4.69) is 6.92 Å². The van der Waals surface area contributed by atoms with E-state index in [0.717, 1.165) is 24.2 Å². The van der Waals surface area contributed by atoms with Gasteiger partial charge in [0, 0.05) is 10.7 Å². The molecular formula is C29H26ClNO4. The number of rotatable bonds is 8. The molecule has 1 amide bonds. The van der Waals surface area contributed by atoms with Gasteiger partial charge in [0.1, 0.15) is 11.3 Å². The van der Waals surface area contributed by atoms with Crippen LogP contribution in [0.5, 0.6) is 5.75 Å². The van der Waals surface area contributed by atoms with Gasteiger partial charge in [-0.25, -0.2) is 0 Å². The van der Waals surface area contributed by atoms with E-state index in [1.165, 1.54) is 12.8 Å². The topological polar surface area (TPSA) is 59.8 Å². The summed E-state index contributed by atoms with van der Waals surface area (Å²) in [6.07, 6.45) is 4.54. The molecule has 35 heavy (non-hydrogen) atoms. The molecule has 1 aromatic heterocycles. The molecule has 0 saturated heterocycles. The third-order valence-corrected chi connectivity index (χ3v) is 6.56. The summed E-state index contributed by atoms with van der Waals surface area (Å²) in [7, 11) is 0. The highest BCUT2D eigenvalue weighted by Crippen LogP contribution is 2.42. The Bertz CT molecular complexity index is 1430. The van der Waals surface area contributed by atoms with Crippen LogP contribution in [0, 0.1) is 0 Å². The van der Waals surface area contributed by atoms with Crippen LogP contribution < -0.4 is 15.1 Å². The van der Waals surface area contributed by atoms with E-state index in [0.29, 0.717) is 33.8 Å². The minimum Gasteiger partial charge on any atom is -0.494 e. The summed E-state index contributed by atoms with van der Waals surface area (Å²) >= 11 is 6.25. The number of hydrogen-bond acceptors (Lipinski definition) is 4. The van der Waals surface area contributed by atoms with Crippen molar-refractivity contribution in [1.29, 1.82) is 0 Å². The first-order valence-corrected chi connectivity index (χ1v) is 12.3. The van der Waals surface area contributed by atoms with Crippen molar-refractivity contribution in [3.8, 4) is 5.75 Å². The van der Waals surface area contributed by atoms with Gasteiger partial charge in [-0.3, -0.25) is 14.5 Å². The molecule has 1 atom stereocenters. The molecule has 0 bridgehead atoms. The lowest BCUT2D eigenvalue weighted by Gasteiger charge is -2.25. The molecule has 5 rings (SSSR count). The summed E-state index contributed by atoms with van der Waals surface area (Å²) in [4.78, 5) is 28.8. The number of halogens is 1. The molecule has 1 unspecified atom stereocenters. The molecule has 1 aliphatic rings. The van der Waals surface area contributed by atoms with Crippen LogP contribution in [0.15, 0.2) is 82.0 Å². The monoisotopic (exact) mass is 487 g/mol. The molecular weight excluding hydrogens is 462 g/mol. The van der Waals surface area contributed by atoms with Crippen molar-refractivity contribution < 1.29 is 13.9 Å². The lowest BCUT2D eigenvalue weighted by Crippen LogP contribution is -2.29. The largest absolute Gasteiger partial charge is 0.494 e. The van der Waals surface area contributed by atoms with Crippen molar-refractivity contribution in [2.45, 2.75) is 38.6 Å². The SMILES string of the molecule is CCCCCCOc1ccc(C2c3c(oc4ccccc4c3=O)C(=O)N2c2cccc(Cl)c2)cc1. The van der Waals surface area contributed by atoms with Gasteiger partial charge in [0.25, 0.3) is 5.91 Å².